The number of thiophene rings is 1. The summed E-state index contributed by atoms with van der Waals surface area (Å²) < 4.78 is 0. The van der Waals surface area contributed by atoms with E-state index in [4.69, 9.17) is 5.84 Å². The molecular weight excluding hydrogens is 272 g/mol. The SMILES string of the molecule is CC(C)N(Cc1cccs1)C(=O)c1ccnc(NN)c1. The predicted molar refractivity (Wildman–Crippen MR) is 81.4 cm³/mol. The lowest BCUT2D eigenvalue weighted by molar-refractivity contribution is 0.0692. The quantitative estimate of drug-likeness (QED) is 0.655. The van der Waals surface area contributed by atoms with E-state index < -0.39 is 0 Å². The van der Waals surface area contributed by atoms with Crippen LogP contribution in [0.25, 0.3) is 0 Å². The summed E-state index contributed by atoms with van der Waals surface area (Å²) in [5, 5.41) is 2.02. The van der Waals surface area contributed by atoms with Gasteiger partial charge in [0.05, 0.1) is 6.54 Å². The van der Waals surface area contributed by atoms with E-state index in [1.807, 2.05) is 36.3 Å². The fourth-order valence-corrected chi connectivity index (χ4v) is 2.57. The van der Waals surface area contributed by atoms with Crippen molar-refractivity contribution >= 4 is 23.1 Å². The average molecular weight is 290 g/mol. The second-order valence-corrected chi connectivity index (χ2v) is 5.71. The molecule has 0 aliphatic rings. The van der Waals surface area contributed by atoms with E-state index in [1.165, 1.54) is 4.88 Å². The van der Waals surface area contributed by atoms with Crippen molar-refractivity contribution in [3.8, 4) is 0 Å². The van der Waals surface area contributed by atoms with Gasteiger partial charge in [0.1, 0.15) is 5.82 Å². The van der Waals surface area contributed by atoms with E-state index >= 15 is 0 Å². The Kier molecular flexibility index (Phi) is 4.70. The Hall–Kier alpha value is -1.92. The number of rotatable bonds is 5. The largest absolute Gasteiger partial charge is 0.331 e. The number of carbonyl (C=O) groups is 1. The van der Waals surface area contributed by atoms with Crippen LogP contribution in [-0.2, 0) is 6.54 Å². The van der Waals surface area contributed by atoms with Gasteiger partial charge in [-0.15, -0.1) is 11.3 Å². The fraction of sp³-hybridized carbons (Fsp3) is 0.286. The number of hydrazine groups is 1. The Balaban J connectivity index is 2.22. The number of hydrogen-bond acceptors (Lipinski definition) is 5. The van der Waals surface area contributed by atoms with Gasteiger partial charge in [0, 0.05) is 22.7 Å². The number of aromatic nitrogens is 1. The number of anilines is 1. The highest BCUT2D eigenvalue weighted by Gasteiger charge is 2.19. The van der Waals surface area contributed by atoms with Gasteiger partial charge >= 0.3 is 0 Å². The molecule has 0 bridgehead atoms. The summed E-state index contributed by atoms with van der Waals surface area (Å²) in [4.78, 5) is 19.6. The van der Waals surface area contributed by atoms with Crippen molar-refractivity contribution < 1.29 is 4.79 Å². The van der Waals surface area contributed by atoms with Crippen molar-refractivity contribution in [2.75, 3.05) is 5.43 Å². The van der Waals surface area contributed by atoms with Crippen molar-refractivity contribution in [2.24, 2.45) is 5.84 Å². The Morgan fingerprint density at radius 1 is 1.50 bits per heavy atom. The fourth-order valence-electron chi connectivity index (χ4n) is 1.87. The predicted octanol–water partition coefficient (Wildman–Crippen LogP) is 2.48. The summed E-state index contributed by atoms with van der Waals surface area (Å²) in [5.41, 5.74) is 3.04. The molecule has 0 fully saturated rings. The van der Waals surface area contributed by atoms with E-state index in [-0.39, 0.29) is 11.9 Å². The molecule has 2 rings (SSSR count). The molecule has 0 unspecified atom stereocenters. The summed E-state index contributed by atoms with van der Waals surface area (Å²) in [5.74, 6) is 5.79. The molecule has 106 valence electrons. The minimum atomic E-state index is -0.0210. The van der Waals surface area contributed by atoms with Crippen LogP contribution < -0.4 is 11.3 Å². The Morgan fingerprint density at radius 3 is 2.90 bits per heavy atom. The molecule has 3 N–H and O–H groups in total. The van der Waals surface area contributed by atoms with Crippen LogP contribution in [-0.4, -0.2) is 21.8 Å². The van der Waals surface area contributed by atoms with Gasteiger partial charge < -0.3 is 10.3 Å². The Morgan fingerprint density at radius 2 is 2.30 bits per heavy atom. The summed E-state index contributed by atoms with van der Waals surface area (Å²) in [7, 11) is 0. The van der Waals surface area contributed by atoms with Gasteiger partial charge in [0.15, 0.2) is 0 Å². The summed E-state index contributed by atoms with van der Waals surface area (Å²) in [6.45, 7) is 4.63. The standard InChI is InChI=1S/C14H18N4OS/c1-10(2)18(9-12-4-3-7-20-12)14(19)11-5-6-16-13(8-11)17-15/h3-8,10H,9,15H2,1-2H3,(H,16,17). The van der Waals surface area contributed by atoms with Crippen LogP contribution in [0.1, 0.15) is 29.1 Å². The molecule has 0 aromatic carbocycles. The first-order valence-electron chi connectivity index (χ1n) is 6.38. The molecule has 20 heavy (non-hydrogen) atoms. The van der Waals surface area contributed by atoms with E-state index in [0.29, 0.717) is 17.9 Å². The summed E-state index contributed by atoms with van der Waals surface area (Å²) in [6, 6.07) is 7.50. The first-order chi connectivity index (χ1) is 9.61. The molecule has 2 aromatic rings. The lowest BCUT2D eigenvalue weighted by Gasteiger charge is -2.26. The molecule has 6 heteroatoms. The molecule has 0 radical (unpaired) electrons. The molecule has 0 aliphatic heterocycles. The van der Waals surface area contributed by atoms with Crippen LogP contribution in [0.5, 0.6) is 0 Å². The van der Waals surface area contributed by atoms with E-state index in [1.54, 1.807) is 29.7 Å². The molecule has 0 saturated heterocycles. The number of nitrogens with one attached hydrogen (secondary N) is 1. The first kappa shape index (κ1) is 14.5. The molecule has 0 saturated carbocycles. The maximum atomic E-state index is 12.6. The van der Waals surface area contributed by atoms with Gasteiger partial charge in [-0.1, -0.05) is 6.07 Å². The van der Waals surface area contributed by atoms with Crippen LogP contribution >= 0.6 is 11.3 Å². The van der Waals surface area contributed by atoms with Crippen molar-refractivity contribution in [1.82, 2.24) is 9.88 Å². The highest BCUT2D eigenvalue weighted by Crippen LogP contribution is 2.17. The lowest BCUT2D eigenvalue weighted by Crippen LogP contribution is -2.36. The molecule has 2 aromatic heterocycles. The molecule has 0 spiro atoms. The second-order valence-electron chi connectivity index (χ2n) is 4.68. The minimum Gasteiger partial charge on any atom is -0.331 e. The smallest absolute Gasteiger partial charge is 0.254 e. The number of carbonyl (C=O) groups excluding carboxylic acids is 1. The number of nitrogen functional groups attached to an aromatic ring is 1. The maximum Gasteiger partial charge on any atom is 0.254 e. The van der Waals surface area contributed by atoms with Crippen LogP contribution in [0.15, 0.2) is 35.8 Å². The number of hydrogen-bond donors (Lipinski definition) is 2. The van der Waals surface area contributed by atoms with Crippen LogP contribution in [0.3, 0.4) is 0 Å². The van der Waals surface area contributed by atoms with Gasteiger partial charge in [0.25, 0.3) is 5.91 Å². The number of nitrogens with zero attached hydrogens (tertiary/aromatic N) is 2. The molecular formula is C14H18N4OS. The normalized spacial score (nSPS) is 10.6. The lowest BCUT2D eigenvalue weighted by atomic mass is 10.2. The van der Waals surface area contributed by atoms with Crippen LogP contribution in [0.4, 0.5) is 5.82 Å². The van der Waals surface area contributed by atoms with Crippen molar-refractivity contribution in [2.45, 2.75) is 26.4 Å². The Labute approximate surface area is 122 Å². The van der Waals surface area contributed by atoms with E-state index in [2.05, 4.69) is 10.4 Å². The zero-order valence-electron chi connectivity index (χ0n) is 11.5. The zero-order chi connectivity index (χ0) is 14.5. The highest BCUT2D eigenvalue weighted by molar-refractivity contribution is 7.09. The van der Waals surface area contributed by atoms with Gasteiger partial charge in [-0.05, 0) is 37.4 Å². The highest BCUT2D eigenvalue weighted by atomic mass is 32.1. The Bertz CT molecular complexity index is 568. The molecule has 5 nitrogen and oxygen atoms in total. The van der Waals surface area contributed by atoms with Crippen molar-refractivity contribution in [3.05, 3.63) is 46.3 Å². The third kappa shape index (κ3) is 3.34. The average Bonchev–Trinajstić information content (AvgIpc) is 2.97. The van der Waals surface area contributed by atoms with Crippen molar-refractivity contribution in [3.63, 3.8) is 0 Å². The zero-order valence-corrected chi connectivity index (χ0v) is 12.4. The molecule has 0 atom stereocenters. The van der Waals surface area contributed by atoms with Gasteiger partial charge in [-0.2, -0.15) is 0 Å². The van der Waals surface area contributed by atoms with E-state index in [9.17, 15) is 4.79 Å². The van der Waals surface area contributed by atoms with Gasteiger partial charge in [-0.25, -0.2) is 10.8 Å². The number of nitrogens with two attached hydrogens (primary N) is 1. The number of amides is 1. The number of pyridine rings is 1. The molecule has 1 amide bonds. The van der Waals surface area contributed by atoms with Crippen LogP contribution in [0, 0.1) is 0 Å². The molecule has 0 aliphatic carbocycles. The van der Waals surface area contributed by atoms with Crippen molar-refractivity contribution in [1.29, 1.82) is 0 Å². The van der Waals surface area contributed by atoms with Gasteiger partial charge in [0.2, 0.25) is 0 Å². The van der Waals surface area contributed by atoms with E-state index in [0.717, 1.165) is 0 Å². The summed E-state index contributed by atoms with van der Waals surface area (Å²) >= 11 is 1.65. The first-order valence-corrected chi connectivity index (χ1v) is 7.26. The van der Waals surface area contributed by atoms with Crippen LogP contribution in [0.2, 0.25) is 0 Å². The third-order valence-corrected chi connectivity index (χ3v) is 3.81. The topological polar surface area (TPSA) is 71.2 Å². The van der Waals surface area contributed by atoms with Gasteiger partial charge in [-0.3, -0.25) is 4.79 Å². The minimum absolute atomic E-state index is 0.0210. The monoisotopic (exact) mass is 290 g/mol. The second kappa shape index (κ2) is 6.49. The summed E-state index contributed by atoms with van der Waals surface area (Å²) in [6.07, 6.45) is 1.58. The maximum absolute atomic E-state index is 12.6. The molecule has 2 heterocycles. The third-order valence-electron chi connectivity index (χ3n) is 2.95.